The molecule has 0 aromatic carbocycles. The Hall–Kier alpha value is 0.157. The summed E-state index contributed by atoms with van der Waals surface area (Å²) in [6, 6.07) is 0. The van der Waals surface area contributed by atoms with E-state index in [0.29, 0.717) is 5.92 Å². The summed E-state index contributed by atoms with van der Waals surface area (Å²) in [5.41, 5.74) is 0. The van der Waals surface area contributed by atoms with Crippen molar-refractivity contribution in [1.29, 1.82) is 0 Å². The van der Waals surface area contributed by atoms with Crippen LogP contribution in [0.5, 0.6) is 0 Å². The van der Waals surface area contributed by atoms with Crippen LogP contribution in [-0.2, 0) is 0 Å². The average Bonchev–Trinajstić information content (AvgIpc) is 1.35. The van der Waals surface area contributed by atoms with Crippen molar-refractivity contribution in [2.24, 2.45) is 5.92 Å². The van der Waals surface area contributed by atoms with E-state index in [0.717, 1.165) is 6.42 Å². The summed E-state index contributed by atoms with van der Waals surface area (Å²) in [5, 5.41) is 0. The van der Waals surface area contributed by atoms with Crippen molar-refractivity contribution < 1.29 is 18.9 Å². The molecule has 0 atom stereocenters. The number of hydrogen-bond acceptors (Lipinski definition) is 0. The normalized spacial score (nSPS) is 7.14. The van der Waals surface area contributed by atoms with Crippen LogP contribution in [0.2, 0.25) is 0 Å². The fourth-order valence-corrected chi connectivity index (χ4v) is 0.204. The van der Waals surface area contributed by atoms with E-state index >= 15 is 0 Å². The molecule has 0 amide bonds. The Morgan fingerprint density at radius 3 is 2.00 bits per heavy atom. The third-order valence-corrected chi connectivity index (χ3v) is 0.510. The van der Waals surface area contributed by atoms with Crippen LogP contribution < -0.4 is 18.9 Å². The smallest absolute Gasteiger partial charge is 0.694 e. The minimum atomic E-state index is 0. The maximum absolute atomic E-state index is 6.48. The van der Waals surface area contributed by atoms with Crippen LogP contribution in [0, 0.1) is 18.3 Å². The molecule has 0 rings (SSSR count). The van der Waals surface area contributed by atoms with Crippen molar-refractivity contribution in [3.05, 3.63) is 6.42 Å². The fraction of sp³-hybridized carbons (Fsp3) is 0.667. The SMILES string of the molecule is [C-]#CCC(C)C.[Li+]. The van der Waals surface area contributed by atoms with Gasteiger partial charge < -0.3 is 12.3 Å². The van der Waals surface area contributed by atoms with Gasteiger partial charge in [-0.1, -0.05) is 13.8 Å². The van der Waals surface area contributed by atoms with Gasteiger partial charge in [0.25, 0.3) is 0 Å². The average molecular weight is 88.1 g/mol. The Bertz CT molecular complexity index is 59.1. The van der Waals surface area contributed by atoms with Gasteiger partial charge in [0.2, 0.25) is 0 Å². The van der Waals surface area contributed by atoms with E-state index in [1.165, 1.54) is 0 Å². The van der Waals surface area contributed by atoms with Crippen LogP contribution in [0.4, 0.5) is 0 Å². The Morgan fingerprint density at radius 1 is 1.57 bits per heavy atom. The predicted molar refractivity (Wildman–Crippen MR) is 26.6 cm³/mol. The first-order valence-corrected chi connectivity index (χ1v) is 2.17. The summed E-state index contributed by atoms with van der Waals surface area (Å²) in [5.74, 6) is 2.92. The van der Waals surface area contributed by atoms with Crippen LogP contribution >= 0.6 is 0 Å². The van der Waals surface area contributed by atoms with Gasteiger partial charge in [-0.3, -0.25) is 0 Å². The molecule has 0 saturated carbocycles. The second-order valence-corrected chi connectivity index (χ2v) is 1.77. The molecule has 0 spiro atoms. The van der Waals surface area contributed by atoms with Gasteiger partial charge in [0, 0.05) is 0 Å². The van der Waals surface area contributed by atoms with Crippen molar-refractivity contribution >= 4 is 0 Å². The molecule has 0 fully saturated rings. The van der Waals surface area contributed by atoms with Gasteiger partial charge in [-0.2, -0.15) is 0 Å². The Morgan fingerprint density at radius 2 is 2.00 bits per heavy atom. The monoisotopic (exact) mass is 88.1 g/mol. The Balaban J connectivity index is 0. The van der Waals surface area contributed by atoms with Gasteiger partial charge in [-0.05, 0) is 12.3 Å². The molecule has 0 nitrogen and oxygen atoms in total. The van der Waals surface area contributed by atoms with Crippen LogP contribution in [-0.4, -0.2) is 0 Å². The van der Waals surface area contributed by atoms with Crippen LogP contribution in [0.15, 0.2) is 0 Å². The first kappa shape index (κ1) is 10.2. The summed E-state index contributed by atoms with van der Waals surface area (Å²) >= 11 is 0. The molecule has 0 unspecified atom stereocenters. The summed E-state index contributed by atoms with van der Waals surface area (Å²) in [7, 11) is 0. The predicted octanol–water partition coefficient (Wildman–Crippen LogP) is -1.37. The van der Waals surface area contributed by atoms with E-state index in [2.05, 4.69) is 19.8 Å². The van der Waals surface area contributed by atoms with E-state index < -0.39 is 0 Å². The molecule has 0 bridgehead atoms. The standard InChI is InChI=1S/C6H9.Li/c1-4-5-6(2)3;/h6H,5H2,2-3H3;/q-1;+1. The van der Waals surface area contributed by atoms with Crippen LogP contribution in [0.3, 0.4) is 0 Å². The quantitative estimate of drug-likeness (QED) is 0.211. The minimum Gasteiger partial charge on any atom is -0.694 e. The second kappa shape index (κ2) is 6.16. The summed E-state index contributed by atoms with van der Waals surface area (Å²) in [4.78, 5) is 0. The van der Waals surface area contributed by atoms with E-state index in [4.69, 9.17) is 6.42 Å². The van der Waals surface area contributed by atoms with Gasteiger partial charge in [0.05, 0.1) is 0 Å². The number of rotatable bonds is 1. The molecule has 0 aliphatic carbocycles. The Kier molecular flexibility index (Phi) is 8.97. The molecule has 0 radical (unpaired) electrons. The van der Waals surface area contributed by atoms with E-state index in [1.807, 2.05) is 0 Å². The van der Waals surface area contributed by atoms with E-state index in [1.54, 1.807) is 0 Å². The second-order valence-electron chi connectivity index (χ2n) is 1.77. The molecule has 0 aliphatic heterocycles. The molecule has 34 valence electrons. The molecule has 0 N–H and O–H groups in total. The van der Waals surface area contributed by atoms with Crippen LogP contribution in [0.1, 0.15) is 20.3 Å². The largest absolute Gasteiger partial charge is 1.00 e. The molecule has 0 aromatic rings. The van der Waals surface area contributed by atoms with E-state index in [-0.39, 0.29) is 18.9 Å². The third-order valence-electron chi connectivity index (χ3n) is 0.510. The molecule has 0 saturated heterocycles. The van der Waals surface area contributed by atoms with Crippen molar-refractivity contribution in [2.45, 2.75) is 20.3 Å². The zero-order valence-electron chi connectivity index (χ0n) is 5.28. The summed E-state index contributed by atoms with van der Waals surface area (Å²) in [6.45, 7) is 4.14. The van der Waals surface area contributed by atoms with Gasteiger partial charge in [-0.15, -0.1) is 0 Å². The first-order chi connectivity index (χ1) is 2.77. The van der Waals surface area contributed by atoms with Gasteiger partial charge in [0.1, 0.15) is 0 Å². The van der Waals surface area contributed by atoms with Gasteiger partial charge >= 0.3 is 18.9 Å². The minimum absolute atomic E-state index is 0. The van der Waals surface area contributed by atoms with Crippen molar-refractivity contribution in [3.8, 4) is 5.92 Å². The zero-order chi connectivity index (χ0) is 4.99. The maximum atomic E-state index is 6.48. The zero-order valence-corrected chi connectivity index (χ0v) is 5.28. The topological polar surface area (TPSA) is 0 Å². The summed E-state index contributed by atoms with van der Waals surface area (Å²) < 4.78 is 0. The first-order valence-electron chi connectivity index (χ1n) is 2.17. The van der Waals surface area contributed by atoms with Crippen LogP contribution in [0.25, 0.3) is 0 Å². The van der Waals surface area contributed by atoms with Crippen molar-refractivity contribution in [2.75, 3.05) is 0 Å². The van der Waals surface area contributed by atoms with Gasteiger partial charge in [0.15, 0.2) is 0 Å². The van der Waals surface area contributed by atoms with Crippen molar-refractivity contribution in [3.63, 3.8) is 0 Å². The van der Waals surface area contributed by atoms with Gasteiger partial charge in [-0.25, -0.2) is 0 Å². The summed E-state index contributed by atoms with van der Waals surface area (Å²) in [6.07, 6.45) is 7.27. The molecule has 7 heavy (non-hydrogen) atoms. The molecular weight excluding hydrogens is 79.0 g/mol. The molecule has 0 aliphatic rings. The number of hydrogen-bond donors (Lipinski definition) is 0. The molecule has 0 heterocycles. The van der Waals surface area contributed by atoms with Crippen molar-refractivity contribution in [1.82, 2.24) is 0 Å². The molecular formula is C6H9Li. The van der Waals surface area contributed by atoms with E-state index in [9.17, 15) is 0 Å². The fourth-order valence-electron chi connectivity index (χ4n) is 0.204. The Labute approximate surface area is 57.9 Å². The molecule has 0 aromatic heterocycles. The third kappa shape index (κ3) is 10.7. The maximum Gasteiger partial charge on any atom is 1.00 e. The molecule has 1 heteroatoms.